The van der Waals surface area contributed by atoms with Crippen molar-refractivity contribution in [1.82, 2.24) is 4.90 Å². The lowest BCUT2D eigenvalue weighted by Gasteiger charge is -2.36. The van der Waals surface area contributed by atoms with Gasteiger partial charge in [0.25, 0.3) is 0 Å². The molecule has 1 atom stereocenters. The molecule has 35 heavy (non-hydrogen) atoms. The van der Waals surface area contributed by atoms with E-state index in [1.54, 1.807) is 11.0 Å². The van der Waals surface area contributed by atoms with Crippen LogP contribution in [0.1, 0.15) is 101 Å². The van der Waals surface area contributed by atoms with Gasteiger partial charge in [-0.15, -0.1) is 11.3 Å². The number of rotatable bonds is 6. The summed E-state index contributed by atoms with van der Waals surface area (Å²) in [6.07, 6.45) is 6.61. The maximum atomic E-state index is 14.1. The largest absolute Gasteiger partial charge is 0.477 e. The van der Waals surface area contributed by atoms with Crippen molar-refractivity contribution in [3.05, 3.63) is 15.8 Å². The average molecular weight is 501 g/mol. The first kappa shape index (κ1) is 27.3. The van der Waals surface area contributed by atoms with Crippen molar-refractivity contribution in [2.75, 3.05) is 18.0 Å². The number of likely N-dealkylation sites (tertiary alicyclic amines) is 1. The second kappa shape index (κ2) is 11.6. The Morgan fingerprint density at radius 3 is 2.46 bits per heavy atom. The van der Waals surface area contributed by atoms with Crippen LogP contribution >= 0.6 is 11.3 Å². The summed E-state index contributed by atoms with van der Waals surface area (Å²) in [5.41, 5.74) is 0.0979. The highest BCUT2D eigenvalue weighted by Gasteiger charge is 2.40. The Morgan fingerprint density at radius 2 is 1.86 bits per heavy atom. The molecule has 7 heteroatoms. The van der Waals surface area contributed by atoms with Crippen LogP contribution in [0.5, 0.6) is 0 Å². The molecule has 2 amide bonds. The van der Waals surface area contributed by atoms with E-state index in [9.17, 15) is 19.5 Å². The number of carboxylic acid groups (broad SMARTS) is 1. The number of carbonyl (C=O) groups excluding carboxylic acids is 2. The maximum Gasteiger partial charge on any atom is 0.348 e. The number of aromatic carboxylic acids is 1. The molecule has 0 spiro atoms. The smallest absolute Gasteiger partial charge is 0.348 e. The molecule has 1 aromatic heterocycles. The van der Waals surface area contributed by atoms with E-state index in [1.165, 1.54) is 0 Å². The summed E-state index contributed by atoms with van der Waals surface area (Å²) in [7, 11) is 0. The third-order valence-electron chi connectivity index (χ3n) is 6.89. The summed E-state index contributed by atoms with van der Waals surface area (Å²) >= 11 is 1.09. The minimum atomic E-state index is -1.09. The molecule has 2 fully saturated rings. The average Bonchev–Trinajstić information content (AvgIpc) is 3.14. The number of anilines is 1. The van der Waals surface area contributed by atoms with Gasteiger partial charge in [-0.25, -0.2) is 4.79 Å². The van der Waals surface area contributed by atoms with Crippen LogP contribution < -0.4 is 4.90 Å². The van der Waals surface area contributed by atoms with Gasteiger partial charge in [-0.1, -0.05) is 25.7 Å². The van der Waals surface area contributed by atoms with Gasteiger partial charge in [0.1, 0.15) is 10.9 Å². The van der Waals surface area contributed by atoms with Gasteiger partial charge in [0.15, 0.2) is 0 Å². The van der Waals surface area contributed by atoms with Crippen LogP contribution in [0.3, 0.4) is 0 Å². The summed E-state index contributed by atoms with van der Waals surface area (Å²) in [6, 6.07) is 1.05. The highest BCUT2D eigenvalue weighted by atomic mass is 32.1. The molecule has 1 saturated heterocycles. The molecule has 1 aliphatic carbocycles. The maximum absolute atomic E-state index is 14.1. The Hall–Kier alpha value is -2.33. The highest BCUT2D eigenvalue weighted by Crippen LogP contribution is 2.37. The normalized spacial score (nSPS) is 23.3. The van der Waals surface area contributed by atoms with Gasteiger partial charge in [-0.2, -0.15) is 0 Å². The molecule has 1 aromatic rings. The van der Waals surface area contributed by atoms with E-state index in [4.69, 9.17) is 0 Å². The molecule has 0 radical (unpaired) electrons. The van der Waals surface area contributed by atoms with E-state index in [0.29, 0.717) is 36.0 Å². The van der Waals surface area contributed by atoms with Gasteiger partial charge in [-0.05, 0) is 84.1 Å². The number of thiophene rings is 1. The number of amides is 2. The van der Waals surface area contributed by atoms with Crippen molar-refractivity contribution in [3.63, 3.8) is 0 Å². The van der Waals surface area contributed by atoms with Crippen molar-refractivity contribution in [2.45, 2.75) is 92.0 Å². The zero-order valence-corrected chi connectivity index (χ0v) is 22.7. The van der Waals surface area contributed by atoms with Crippen LogP contribution in [0.2, 0.25) is 0 Å². The van der Waals surface area contributed by atoms with Crippen LogP contribution in [0, 0.1) is 29.1 Å². The Morgan fingerprint density at radius 1 is 1.17 bits per heavy atom. The quantitative estimate of drug-likeness (QED) is 0.501. The topological polar surface area (TPSA) is 77.9 Å². The zero-order chi connectivity index (χ0) is 25.8. The lowest BCUT2D eigenvalue weighted by molar-refractivity contribution is -0.135. The molecule has 1 aliphatic heterocycles. The van der Waals surface area contributed by atoms with Crippen molar-refractivity contribution in [3.8, 4) is 11.8 Å². The van der Waals surface area contributed by atoms with Crippen LogP contribution in [0.4, 0.5) is 5.69 Å². The number of hydrogen-bond donors (Lipinski definition) is 1. The molecule has 1 N–H and O–H groups in total. The Balaban J connectivity index is 2.09. The molecular formula is C28H40N2O4S. The monoisotopic (exact) mass is 500 g/mol. The minimum Gasteiger partial charge on any atom is -0.477 e. The van der Waals surface area contributed by atoms with Crippen molar-refractivity contribution in [1.29, 1.82) is 0 Å². The van der Waals surface area contributed by atoms with Crippen LogP contribution in [-0.2, 0) is 9.59 Å². The van der Waals surface area contributed by atoms with Crippen LogP contribution in [0.25, 0.3) is 0 Å². The van der Waals surface area contributed by atoms with E-state index in [1.807, 2.05) is 32.6 Å². The van der Waals surface area contributed by atoms with E-state index >= 15 is 0 Å². The Labute approximate surface area is 214 Å². The lowest BCUT2D eigenvalue weighted by Crippen LogP contribution is -2.52. The molecule has 192 valence electrons. The zero-order valence-electron chi connectivity index (χ0n) is 21.9. The number of carbonyl (C=O) groups is 3. The lowest BCUT2D eigenvalue weighted by atomic mass is 9.82. The summed E-state index contributed by atoms with van der Waals surface area (Å²) in [6.45, 7) is 11.6. The third-order valence-corrected chi connectivity index (χ3v) is 7.91. The molecule has 6 nitrogen and oxygen atoms in total. The van der Waals surface area contributed by atoms with E-state index in [2.05, 4.69) is 18.8 Å². The van der Waals surface area contributed by atoms with E-state index in [-0.39, 0.29) is 28.0 Å². The molecule has 2 aliphatic rings. The predicted octanol–water partition coefficient (Wildman–Crippen LogP) is 5.79. The molecule has 3 rings (SSSR count). The number of carboxylic acids is 1. The molecule has 2 heterocycles. The van der Waals surface area contributed by atoms with E-state index < -0.39 is 12.0 Å². The first-order valence-corrected chi connectivity index (χ1v) is 13.9. The van der Waals surface area contributed by atoms with Crippen LogP contribution in [0.15, 0.2) is 6.07 Å². The summed E-state index contributed by atoms with van der Waals surface area (Å²) in [4.78, 5) is 44.2. The molecule has 0 aromatic carbocycles. The van der Waals surface area contributed by atoms with Crippen molar-refractivity contribution >= 4 is 34.8 Å². The first-order chi connectivity index (χ1) is 16.5. The SMILES string of the molecule is CCCN1CCCC[C@@H](N(C(=O)C2CCC(C)CC2)c2cc(C#CC(C)(C)C)sc2C(=O)O)C1=O. The summed E-state index contributed by atoms with van der Waals surface area (Å²) in [5, 5.41) is 10.1. The fourth-order valence-corrected chi connectivity index (χ4v) is 5.83. The van der Waals surface area contributed by atoms with Crippen LogP contribution in [-0.4, -0.2) is 46.9 Å². The van der Waals surface area contributed by atoms with E-state index in [0.717, 1.165) is 56.3 Å². The van der Waals surface area contributed by atoms with Gasteiger partial charge < -0.3 is 10.0 Å². The number of nitrogens with zero attached hydrogens (tertiary/aromatic N) is 2. The minimum absolute atomic E-state index is 0.0632. The van der Waals surface area contributed by atoms with Gasteiger partial charge >= 0.3 is 5.97 Å². The highest BCUT2D eigenvalue weighted by molar-refractivity contribution is 7.15. The Kier molecular flexibility index (Phi) is 9.04. The fourth-order valence-electron chi connectivity index (χ4n) is 4.98. The molecule has 1 saturated carbocycles. The predicted molar refractivity (Wildman–Crippen MR) is 141 cm³/mol. The molecule has 0 unspecified atom stereocenters. The molecular weight excluding hydrogens is 460 g/mol. The summed E-state index contributed by atoms with van der Waals surface area (Å²) in [5.74, 6) is 5.41. The fraction of sp³-hybridized carbons (Fsp3) is 0.679. The first-order valence-electron chi connectivity index (χ1n) is 13.0. The summed E-state index contributed by atoms with van der Waals surface area (Å²) < 4.78 is 0. The van der Waals surface area contributed by atoms with Gasteiger partial charge in [-0.3, -0.25) is 14.5 Å². The third kappa shape index (κ3) is 6.88. The Bertz CT molecular complexity index is 989. The van der Waals surface area contributed by atoms with Gasteiger partial charge in [0.05, 0.1) is 10.6 Å². The van der Waals surface area contributed by atoms with Crippen molar-refractivity contribution in [2.24, 2.45) is 17.3 Å². The standard InChI is InChI=1S/C28H40N2O4S/c1-6-16-29-17-8-7-9-22(26(29)32)30(25(31)20-12-10-19(2)11-13-20)23-18-21(14-15-28(3,4)5)35-24(23)27(33)34/h18-20,22H,6-13,16-17H2,1-5H3,(H,33,34)/t19?,20?,22-/m1/s1. The second-order valence-electron chi connectivity index (χ2n) is 11.1. The van der Waals surface area contributed by atoms with Gasteiger partial charge in [0.2, 0.25) is 11.8 Å². The number of hydrogen-bond acceptors (Lipinski definition) is 4. The van der Waals surface area contributed by atoms with Gasteiger partial charge in [0, 0.05) is 24.4 Å². The second-order valence-corrected chi connectivity index (χ2v) is 12.2. The molecule has 0 bridgehead atoms. The van der Waals surface area contributed by atoms with Crippen molar-refractivity contribution < 1.29 is 19.5 Å².